The molecule has 134 valence electrons. The minimum absolute atomic E-state index is 0. The predicted molar refractivity (Wildman–Crippen MR) is 100 cm³/mol. The Balaban J connectivity index is 0.00000484. The van der Waals surface area contributed by atoms with Crippen molar-refractivity contribution in [3.8, 4) is 0 Å². The Hall–Kier alpha value is -0.210. The third kappa shape index (κ3) is 11.9. The zero-order valence-corrected chi connectivity index (χ0v) is 16.5. The molecule has 0 aliphatic carbocycles. The number of unbranched alkanes of at least 4 members (excludes halogenated alkanes) is 9. The topological polar surface area (TPSA) is 0 Å². The Bertz CT molecular complexity index is 384. The summed E-state index contributed by atoms with van der Waals surface area (Å²) in [7, 11) is 0.316. The van der Waals surface area contributed by atoms with Gasteiger partial charge in [0.25, 0.3) is 0 Å². The minimum Gasteiger partial charge on any atom is -1.00 e. The SMILES string of the molecule is CCCCCCCCCCCC[S+](C)Cc1ccccc1F.[Cl-]. The molecule has 0 amide bonds. The molecule has 0 aliphatic heterocycles. The monoisotopic (exact) mass is 360 g/mol. The summed E-state index contributed by atoms with van der Waals surface area (Å²) < 4.78 is 13.6. The van der Waals surface area contributed by atoms with Crippen LogP contribution in [0.2, 0.25) is 0 Å². The average Bonchev–Trinajstić information content (AvgIpc) is 2.51. The maximum atomic E-state index is 13.6. The molecule has 0 radical (unpaired) electrons. The fraction of sp³-hybridized carbons (Fsp3) is 0.700. The number of benzene rings is 1. The van der Waals surface area contributed by atoms with E-state index in [4.69, 9.17) is 0 Å². The Kier molecular flexibility index (Phi) is 15.2. The van der Waals surface area contributed by atoms with Gasteiger partial charge in [-0.15, -0.1) is 0 Å². The highest BCUT2D eigenvalue weighted by atomic mass is 35.5. The van der Waals surface area contributed by atoms with Crippen LogP contribution in [0.15, 0.2) is 24.3 Å². The van der Waals surface area contributed by atoms with Gasteiger partial charge in [0.1, 0.15) is 17.3 Å². The highest BCUT2D eigenvalue weighted by Crippen LogP contribution is 2.14. The van der Waals surface area contributed by atoms with Crippen LogP contribution in [0.3, 0.4) is 0 Å². The highest BCUT2D eigenvalue weighted by Gasteiger charge is 2.14. The average molecular weight is 361 g/mol. The van der Waals surface area contributed by atoms with E-state index in [1.807, 2.05) is 12.1 Å². The first-order valence-corrected chi connectivity index (χ1v) is 11.0. The molecule has 0 fully saturated rings. The quantitative estimate of drug-likeness (QED) is 0.373. The molecular weight excluding hydrogens is 327 g/mol. The molecule has 1 atom stereocenters. The van der Waals surface area contributed by atoms with Gasteiger partial charge in [0, 0.05) is 5.56 Å². The van der Waals surface area contributed by atoms with E-state index in [9.17, 15) is 4.39 Å². The Morgan fingerprint density at radius 1 is 0.826 bits per heavy atom. The Labute approximate surface area is 152 Å². The van der Waals surface area contributed by atoms with Gasteiger partial charge < -0.3 is 12.4 Å². The molecule has 0 aromatic heterocycles. The number of hydrogen-bond donors (Lipinski definition) is 0. The summed E-state index contributed by atoms with van der Waals surface area (Å²) in [5.74, 6) is 2.12. The number of halogens is 2. The van der Waals surface area contributed by atoms with Crippen LogP contribution in [-0.4, -0.2) is 12.0 Å². The van der Waals surface area contributed by atoms with Gasteiger partial charge in [-0.1, -0.05) is 76.5 Å². The van der Waals surface area contributed by atoms with Crippen molar-refractivity contribution in [3.63, 3.8) is 0 Å². The third-order valence-electron chi connectivity index (χ3n) is 4.21. The molecule has 1 unspecified atom stereocenters. The molecule has 0 heterocycles. The smallest absolute Gasteiger partial charge is 0.135 e. The second-order valence-electron chi connectivity index (χ2n) is 6.40. The van der Waals surface area contributed by atoms with Crippen molar-refractivity contribution < 1.29 is 16.8 Å². The summed E-state index contributed by atoms with van der Waals surface area (Å²) in [6.07, 6.45) is 16.1. The van der Waals surface area contributed by atoms with Gasteiger partial charge in [-0.25, -0.2) is 4.39 Å². The van der Waals surface area contributed by atoms with Crippen LogP contribution < -0.4 is 12.4 Å². The van der Waals surface area contributed by atoms with Crippen LogP contribution in [0.5, 0.6) is 0 Å². The van der Waals surface area contributed by atoms with Crippen molar-refractivity contribution in [1.82, 2.24) is 0 Å². The molecule has 23 heavy (non-hydrogen) atoms. The van der Waals surface area contributed by atoms with Crippen molar-refractivity contribution in [2.45, 2.75) is 76.9 Å². The van der Waals surface area contributed by atoms with E-state index in [0.29, 0.717) is 10.9 Å². The molecule has 0 spiro atoms. The Morgan fingerprint density at radius 3 is 1.91 bits per heavy atom. The molecule has 3 heteroatoms. The molecule has 0 nitrogen and oxygen atoms in total. The molecule has 0 saturated heterocycles. The van der Waals surface area contributed by atoms with E-state index >= 15 is 0 Å². The highest BCUT2D eigenvalue weighted by molar-refractivity contribution is 7.95. The first kappa shape index (κ1) is 22.8. The first-order valence-electron chi connectivity index (χ1n) is 9.06. The van der Waals surface area contributed by atoms with Crippen molar-refractivity contribution >= 4 is 10.9 Å². The summed E-state index contributed by atoms with van der Waals surface area (Å²) in [6.45, 7) is 2.27. The second kappa shape index (κ2) is 15.3. The number of hydrogen-bond acceptors (Lipinski definition) is 0. The van der Waals surface area contributed by atoms with E-state index < -0.39 is 0 Å². The molecule has 0 N–H and O–H groups in total. The van der Waals surface area contributed by atoms with Crippen LogP contribution in [0.4, 0.5) is 4.39 Å². The van der Waals surface area contributed by atoms with E-state index in [2.05, 4.69) is 13.2 Å². The lowest BCUT2D eigenvalue weighted by atomic mass is 10.1. The summed E-state index contributed by atoms with van der Waals surface area (Å²) in [5, 5.41) is 0. The van der Waals surface area contributed by atoms with Gasteiger partial charge in [-0.3, -0.25) is 0 Å². The molecule has 1 aromatic rings. The maximum Gasteiger partial charge on any atom is 0.135 e. The van der Waals surface area contributed by atoms with Gasteiger partial charge in [0.2, 0.25) is 0 Å². The first-order chi connectivity index (χ1) is 10.7. The summed E-state index contributed by atoms with van der Waals surface area (Å²) in [5.41, 5.74) is 0.889. The van der Waals surface area contributed by atoms with Gasteiger partial charge in [0.15, 0.2) is 0 Å². The van der Waals surface area contributed by atoms with E-state index in [1.54, 1.807) is 12.1 Å². The fourth-order valence-electron chi connectivity index (χ4n) is 2.79. The lowest BCUT2D eigenvalue weighted by molar-refractivity contribution is -0.00000539. The molecule has 1 aromatic carbocycles. The van der Waals surface area contributed by atoms with Crippen molar-refractivity contribution in [2.75, 3.05) is 12.0 Å². The van der Waals surface area contributed by atoms with E-state index in [0.717, 1.165) is 11.3 Å². The van der Waals surface area contributed by atoms with Crippen LogP contribution in [-0.2, 0) is 16.6 Å². The lowest BCUT2D eigenvalue weighted by Crippen LogP contribution is -3.00. The summed E-state index contributed by atoms with van der Waals surface area (Å²) >= 11 is 0. The zero-order valence-electron chi connectivity index (χ0n) is 15.0. The molecule has 0 aliphatic rings. The van der Waals surface area contributed by atoms with Crippen molar-refractivity contribution in [1.29, 1.82) is 0 Å². The summed E-state index contributed by atoms with van der Waals surface area (Å²) in [4.78, 5) is 0. The van der Waals surface area contributed by atoms with Crippen LogP contribution >= 0.6 is 0 Å². The lowest BCUT2D eigenvalue weighted by Gasteiger charge is -2.05. The van der Waals surface area contributed by atoms with Gasteiger partial charge in [-0.2, -0.15) is 0 Å². The van der Waals surface area contributed by atoms with E-state index in [1.165, 1.54) is 70.0 Å². The maximum absolute atomic E-state index is 13.6. The zero-order chi connectivity index (χ0) is 16.0. The van der Waals surface area contributed by atoms with Crippen LogP contribution in [0.25, 0.3) is 0 Å². The second-order valence-corrected chi connectivity index (χ2v) is 8.66. The minimum atomic E-state index is -0.0371. The molecule has 1 rings (SSSR count). The predicted octanol–water partition coefficient (Wildman–Crippen LogP) is 3.50. The van der Waals surface area contributed by atoms with Gasteiger partial charge in [-0.05, 0) is 29.8 Å². The van der Waals surface area contributed by atoms with Crippen molar-refractivity contribution in [2.24, 2.45) is 0 Å². The van der Waals surface area contributed by atoms with E-state index in [-0.39, 0.29) is 18.2 Å². The van der Waals surface area contributed by atoms with Gasteiger partial charge >= 0.3 is 0 Å². The van der Waals surface area contributed by atoms with Crippen LogP contribution in [0.1, 0.15) is 76.7 Å². The standard InChI is InChI=1S/C20H34FS.ClH/c1-3-4-5-6-7-8-9-10-11-14-17-22(2)18-19-15-12-13-16-20(19)21;/h12-13,15-16H,3-11,14,17-18H2,1-2H3;1H/q+1;/p-1. The Morgan fingerprint density at radius 2 is 1.35 bits per heavy atom. The molecule has 0 bridgehead atoms. The van der Waals surface area contributed by atoms with Crippen LogP contribution in [0, 0.1) is 5.82 Å². The largest absolute Gasteiger partial charge is 1.00 e. The third-order valence-corrected chi connectivity index (χ3v) is 6.00. The molecular formula is C20H34ClFS. The number of rotatable bonds is 13. The summed E-state index contributed by atoms with van der Waals surface area (Å²) in [6, 6.07) is 7.22. The normalized spacial score (nSPS) is 12.0. The van der Waals surface area contributed by atoms with Gasteiger partial charge in [0.05, 0.1) is 6.26 Å². The van der Waals surface area contributed by atoms with Crippen molar-refractivity contribution in [3.05, 3.63) is 35.6 Å². The fourth-order valence-corrected chi connectivity index (χ4v) is 4.40. The molecule has 0 saturated carbocycles.